The second-order valence-electron chi connectivity index (χ2n) is 5.33. The van der Waals surface area contributed by atoms with Crippen LogP contribution in [0.5, 0.6) is 5.75 Å². The first-order valence-corrected chi connectivity index (χ1v) is 6.33. The Bertz CT molecular complexity index is 469. The van der Waals surface area contributed by atoms with E-state index in [-0.39, 0.29) is 6.54 Å². The van der Waals surface area contributed by atoms with Gasteiger partial charge in [0.15, 0.2) is 0 Å². The number of nitrogens with two attached hydrogens (primary N) is 1. The van der Waals surface area contributed by atoms with Gasteiger partial charge in [0.2, 0.25) is 0 Å². The molecule has 1 rings (SSSR count). The van der Waals surface area contributed by atoms with Crippen LogP contribution in [0.25, 0.3) is 0 Å². The van der Waals surface area contributed by atoms with Crippen LogP contribution < -0.4 is 15.8 Å². The third-order valence-electron chi connectivity index (χ3n) is 2.48. The summed E-state index contributed by atoms with van der Waals surface area (Å²) in [7, 11) is 1.52. The Morgan fingerprint density at radius 1 is 1.45 bits per heavy atom. The second-order valence-corrected chi connectivity index (χ2v) is 5.33. The molecule has 1 unspecified atom stereocenters. The van der Waals surface area contributed by atoms with Gasteiger partial charge in [0, 0.05) is 12.1 Å². The zero-order valence-corrected chi connectivity index (χ0v) is 12.3. The quantitative estimate of drug-likeness (QED) is 0.785. The largest absolute Gasteiger partial charge is 0.497 e. The zero-order chi connectivity index (χ0) is 15.3. The number of rotatable bonds is 4. The molecule has 4 N–H and O–H groups in total. The zero-order valence-electron chi connectivity index (χ0n) is 12.3. The van der Waals surface area contributed by atoms with Gasteiger partial charge in [-0.25, -0.2) is 4.79 Å². The molecule has 1 aromatic carbocycles. The summed E-state index contributed by atoms with van der Waals surface area (Å²) in [5.74, 6) is 0.572. The van der Waals surface area contributed by atoms with E-state index in [4.69, 9.17) is 15.2 Å². The lowest BCUT2D eigenvalue weighted by Crippen LogP contribution is -2.28. The highest BCUT2D eigenvalue weighted by atomic mass is 16.6. The maximum Gasteiger partial charge on any atom is 0.412 e. The van der Waals surface area contributed by atoms with Crippen molar-refractivity contribution in [2.24, 2.45) is 5.73 Å². The van der Waals surface area contributed by atoms with Crippen LogP contribution in [0.3, 0.4) is 0 Å². The van der Waals surface area contributed by atoms with Crippen molar-refractivity contribution in [2.45, 2.75) is 32.5 Å². The minimum absolute atomic E-state index is 0.0379. The normalized spacial score (nSPS) is 12.7. The van der Waals surface area contributed by atoms with Crippen LogP contribution in [0.4, 0.5) is 10.5 Å². The number of amides is 1. The van der Waals surface area contributed by atoms with Crippen LogP contribution in [-0.2, 0) is 4.74 Å². The highest BCUT2D eigenvalue weighted by Crippen LogP contribution is 2.27. The summed E-state index contributed by atoms with van der Waals surface area (Å²) in [5, 5.41) is 12.5. The van der Waals surface area contributed by atoms with Crippen LogP contribution in [0.2, 0.25) is 0 Å². The molecular weight excluding hydrogens is 260 g/mol. The molecular formula is C14H22N2O4. The summed E-state index contributed by atoms with van der Waals surface area (Å²) in [4.78, 5) is 11.8. The molecule has 0 saturated heterocycles. The van der Waals surface area contributed by atoms with E-state index in [1.54, 1.807) is 39.0 Å². The Balaban J connectivity index is 2.96. The molecule has 1 amide bonds. The Labute approximate surface area is 118 Å². The second kappa shape index (κ2) is 6.58. The van der Waals surface area contributed by atoms with Gasteiger partial charge >= 0.3 is 6.09 Å². The number of carbonyl (C=O) groups is 1. The van der Waals surface area contributed by atoms with Crippen molar-refractivity contribution < 1.29 is 19.4 Å². The molecule has 1 atom stereocenters. The van der Waals surface area contributed by atoms with Gasteiger partial charge in [0.25, 0.3) is 0 Å². The van der Waals surface area contributed by atoms with E-state index in [9.17, 15) is 9.90 Å². The lowest BCUT2D eigenvalue weighted by atomic mass is 10.1. The first-order chi connectivity index (χ1) is 9.26. The van der Waals surface area contributed by atoms with Gasteiger partial charge in [0.1, 0.15) is 11.4 Å². The molecule has 0 spiro atoms. The molecule has 0 saturated carbocycles. The molecule has 0 radical (unpaired) electrons. The number of methoxy groups -OCH3 is 1. The topological polar surface area (TPSA) is 93.8 Å². The predicted molar refractivity (Wildman–Crippen MR) is 76.9 cm³/mol. The maximum absolute atomic E-state index is 11.8. The van der Waals surface area contributed by atoms with Gasteiger partial charge in [-0.2, -0.15) is 0 Å². The Kier molecular flexibility index (Phi) is 5.35. The summed E-state index contributed by atoms with van der Waals surface area (Å²) >= 11 is 0. The minimum atomic E-state index is -0.893. The molecule has 1 aromatic rings. The molecule has 0 bridgehead atoms. The van der Waals surface area contributed by atoms with E-state index < -0.39 is 17.8 Å². The average molecular weight is 282 g/mol. The van der Waals surface area contributed by atoms with Crippen molar-refractivity contribution in [1.82, 2.24) is 0 Å². The third-order valence-corrected chi connectivity index (χ3v) is 2.48. The fraction of sp³-hybridized carbons (Fsp3) is 0.500. The van der Waals surface area contributed by atoms with E-state index >= 15 is 0 Å². The molecule has 0 heterocycles. The number of hydrogen-bond donors (Lipinski definition) is 3. The smallest absolute Gasteiger partial charge is 0.412 e. The molecule has 112 valence electrons. The predicted octanol–water partition coefficient (Wildman–Crippen LogP) is 2.03. The lowest BCUT2D eigenvalue weighted by Gasteiger charge is -2.21. The summed E-state index contributed by atoms with van der Waals surface area (Å²) in [5.41, 5.74) is 5.79. The highest BCUT2D eigenvalue weighted by molar-refractivity contribution is 5.86. The van der Waals surface area contributed by atoms with Crippen molar-refractivity contribution >= 4 is 11.8 Å². The first-order valence-electron chi connectivity index (χ1n) is 6.33. The van der Waals surface area contributed by atoms with E-state index in [0.29, 0.717) is 17.0 Å². The first kappa shape index (κ1) is 16.3. The van der Waals surface area contributed by atoms with Crippen LogP contribution in [0.1, 0.15) is 32.4 Å². The van der Waals surface area contributed by atoms with Gasteiger partial charge in [-0.05, 0) is 39.0 Å². The standard InChI is InChI=1S/C14H22N2O4/c1-14(2,3)20-13(18)16-11-6-5-9(19-4)7-10(11)12(17)8-15/h5-7,12,17H,8,15H2,1-4H3,(H,16,18). The van der Waals surface area contributed by atoms with Gasteiger partial charge in [0.05, 0.1) is 18.9 Å². The van der Waals surface area contributed by atoms with Gasteiger partial charge in [-0.3, -0.25) is 5.32 Å². The van der Waals surface area contributed by atoms with Crippen LogP contribution in [-0.4, -0.2) is 30.5 Å². The number of hydrogen-bond acceptors (Lipinski definition) is 5. The number of nitrogens with one attached hydrogen (secondary N) is 1. The van der Waals surface area contributed by atoms with Gasteiger partial charge < -0.3 is 20.3 Å². The average Bonchev–Trinajstić information content (AvgIpc) is 2.36. The Morgan fingerprint density at radius 3 is 2.60 bits per heavy atom. The molecule has 20 heavy (non-hydrogen) atoms. The van der Waals surface area contributed by atoms with Gasteiger partial charge in [-0.15, -0.1) is 0 Å². The van der Waals surface area contributed by atoms with E-state index in [1.165, 1.54) is 7.11 Å². The Hall–Kier alpha value is -1.79. The summed E-state index contributed by atoms with van der Waals surface area (Å²) in [6.07, 6.45) is -1.48. The SMILES string of the molecule is COc1ccc(NC(=O)OC(C)(C)C)c(C(O)CN)c1. The molecule has 0 aliphatic heterocycles. The molecule has 0 aliphatic rings. The minimum Gasteiger partial charge on any atom is -0.497 e. The molecule has 0 fully saturated rings. The number of benzene rings is 1. The van der Waals surface area contributed by atoms with Crippen LogP contribution in [0, 0.1) is 0 Å². The number of aliphatic hydroxyl groups excluding tert-OH is 1. The van der Waals surface area contributed by atoms with Crippen molar-refractivity contribution in [2.75, 3.05) is 19.0 Å². The summed E-state index contributed by atoms with van der Waals surface area (Å²) < 4.78 is 10.3. The lowest BCUT2D eigenvalue weighted by molar-refractivity contribution is 0.0635. The van der Waals surface area contributed by atoms with Gasteiger partial charge in [-0.1, -0.05) is 0 Å². The van der Waals surface area contributed by atoms with Crippen molar-refractivity contribution in [3.8, 4) is 5.75 Å². The number of anilines is 1. The molecule has 6 heteroatoms. The monoisotopic (exact) mass is 282 g/mol. The number of carbonyl (C=O) groups excluding carboxylic acids is 1. The summed E-state index contributed by atoms with van der Waals surface area (Å²) in [6, 6.07) is 4.95. The maximum atomic E-state index is 11.8. The highest BCUT2D eigenvalue weighted by Gasteiger charge is 2.19. The van der Waals surface area contributed by atoms with Crippen molar-refractivity contribution in [1.29, 1.82) is 0 Å². The Morgan fingerprint density at radius 2 is 2.10 bits per heavy atom. The number of ether oxygens (including phenoxy) is 2. The fourth-order valence-electron chi connectivity index (χ4n) is 1.60. The van der Waals surface area contributed by atoms with E-state index in [0.717, 1.165) is 0 Å². The van der Waals surface area contributed by atoms with Crippen LogP contribution >= 0.6 is 0 Å². The van der Waals surface area contributed by atoms with Crippen molar-refractivity contribution in [3.05, 3.63) is 23.8 Å². The molecule has 0 aliphatic carbocycles. The summed E-state index contributed by atoms with van der Waals surface area (Å²) in [6.45, 7) is 5.36. The molecule has 6 nitrogen and oxygen atoms in total. The van der Waals surface area contributed by atoms with E-state index in [2.05, 4.69) is 5.32 Å². The van der Waals surface area contributed by atoms with Crippen molar-refractivity contribution in [3.63, 3.8) is 0 Å². The third kappa shape index (κ3) is 4.71. The fourth-order valence-corrected chi connectivity index (χ4v) is 1.60. The van der Waals surface area contributed by atoms with Crippen LogP contribution in [0.15, 0.2) is 18.2 Å². The van der Waals surface area contributed by atoms with E-state index in [1.807, 2.05) is 0 Å². The number of aliphatic hydroxyl groups is 1. The molecule has 0 aromatic heterocycles.